The number of H-pyrrole nitrogens is 1. The van der Waals surface area contributed by atoms with Gasteiger partial charge < -0.3 is 37.5 Å². The lowest BCUT2D eigenvalue weighted by Crippen LogP contribution is -2.57. The first-order chi connectivity index (χ1) is 17.1. The predicted molar refractivity (Wildman–Crippen MR) is 128 cm³/mol. The Kier molecular flexibility index (Phi) is 10.6. The number of primary amides is 1. The number of nitrogens with two attached hydrogens (primary N) is 2. The molecule has 0 bridgehead atoms. The Hall–Kier alpha value is -4.26. The van der Waals surface area contributed by atoms with Gasteiger partial charge in [0.15, 0.2) is 0 Å². The van der Waals surface area contributed by atoms with Crippen LogP contribution in [-0.2, 0) is 36.8 Å². The second-order valence-electron chi connectivity index (χ2n) is 8.27. The van der Waals surface area contributed by atoms with Crippen molar-refractivity contribution >= 4 is 29.6 Å². The van der Waals surface area contributed by atoms with Crippen molar-refractivity contribution in [2.45, 2.75) is 56.8 Å². The quantitative estimate of drug-likeness (QED) is 0.158. The summed E-state index contributed by atoms with van der Waals surface area (Å²) in [5.74, 6) is -4.12. The van der Waals surface area contributed by atoms with Gasteiger partial charge in [-0.15, -0.1) is 0 Å². The van der Waals surface area contributed by atoms with E-state index in [1.807, 2.05) is 30.3 Å². The minimum absolute atomic E-state index is 0.00528. The van der Waals surface area contributed by atoms with Gasteiger partial charge in [-0.3, -0.25) is 24.0 Å². The lowest BCUT2D eigenvalue weighted by molar-refractivity contribution is -0.142. The Balaban J connectivity index is 2.15. The summed E-state index contributed by atoms with van der Waals surface area (Å²) >= 11 is 0. The highest BCUT2D eigenvalue weighted by molar-refractivity contribution is 5.94. The van der Waals surface area contributed by atoms with E-state index in [1.54, 1.807) is 0 Å². The average molecular weight is 502 g/mol. The van der Waals surface area contributed by atoms with Gasteiger partial charge in [-0.05, 0) is 25.3 Å². The van der Waals surface area contributed by atoms with Gasteiger partial charge in [-0.1, -0.05) is 30.3 Å². The molecule has 9 N–H and O–H groups in total. The smallest absolute Gasteiger partial charge is 0.325 e. The Labute approximate surface area is 207 Å². The number of aromatic nitrogens is 2. The zero-order valence-electron chi connectivity index (χ0n) is 19.8. The number of carboxylic acid groups (broad SMARTS) is 1. The molecular formula is C23H31N7O6. The molecule has 194 valence electrons. The van der Waals surface area contributed by atoms with Crippen molar-refractivity contribution in [3.8, 4) is 0 Å². The van der Waals surface area contributed by atoms with E-state index in [0.717, 1.165) is 5.56 Å². The maximum atomic E-state index is 13.2. The molecule has 0 aliphatic carbocycles. The van der Waals surface area contributed by atoms with E-state index in [-0.39, 0.29) is 25.7 Å². The van der Waals surface area contributed by atoms with Crippen molar-refractivity contribution in [1.29, 1.82) is 0 Å². The molecule has 4 amide bonds. The number of benzene rings is 1. The van der Waals surface area contributed by atoms with Crippen LogP contribution in [0.5, 0.6) is 0 Å². The zero-order valence-corrected chi connectivity index (χ0v) is 19.8. The van der Waals surface area contributed by atoms with Crippen LogP contribution in [0.4, 0.5) is 0 Å². The molecule has 0 radical (unpaired) electrons. The highest BCUT2D eigenvalue weighted by atomic mass is 16.4. The van der Waals surface area contributed by atoms with Crippen LogP contribution in [0.25, 0.3) is 0 Å². The van der Waals surface area contributed by atoms with Gasteiger partial charge in [0.2, 0.25) is 23.6 Å². The fourth-order valence-corrected chi connectivity index (χ4v) is 3.27. The fraction of sp³-hybridized carbons (Fsp3) is 0.391. The number of carboxylic acids is 1. The van der Waals surface area contributed by atoms with E-state index in [4.69, 9.17) is 16.6 Å². The maximum absolute atomic E-state index is 13.2. The van der Waals surface area contributed by atoms with Crippen molar-refractivity contribution in [1.82, 2.24) is 25.9 Å². The first kappa shape index (κ1) is 28.0. The molecule has 0 saturated carbocycles. The molecule has 1 aromatic carbocycles. The van der Waals surface area contributed by atoms with Crippen LogP contribution in [0.3, 0.4) is 0 Å². The third-order valence-corrected chi connectivity index (χ3v) is 5.29. The number of amides is 4. The number of aromatic amines is 1. The van der Waals surface area contributed by atoms with E-state index >= 15 is 0 Å². The Morgan fingerprint density at radius 1 is 0.972 bits per heavy atom. The summed E-state index contributed by atoms with van der Waals surface area (Å²) < 4.78 is 0. The van der Waals surface area contributed by atoms with Crippen LogP contribution in [-0.4, -0.2) is 68.8 Å². The SMILES string of the molecule is CC(NC(=O)C(CCC(N)=O)NC(=O)C(Cc1cnc[nH]1)NC(=O)C(N)Cc1ccccc1)C(=O)O. The summed E-state index contributed by atoms with van der Waals surface area (Å²) in [6.07, 6.45) is 2.72. The lowest BCUT2D eigenvalue weighted by Gasteiger charge is -2.24. The summed E-state index contributed by atoms with van der Waals surface area (Å²) in [5, 5.41) is 16.4. The molecule has 4 atom stereocenters. The van der Waals surface area contributed by atoms with Crippen LogP contribution in [0.1, 0.15) is 31.0 Å². The Morgan fingerprint density at radius 2 is 1.61 bits per heavy atom. The van der Waals surface area contributed by atoms with Crippen LogP contribution >= 0.6 is 0 Å². The fourth-order valence-electron chi connectivity index (χ4n) is 3.27. The Bertz CT molecular complexity index is 1040. The standard InChI is InChI=1S/C23H31N7O6/c1-13(23(35)36)28-21(33)17(7-8-19(25)31)29-22(34)18(10-15-11-26-12-27-15)30-20(32)16(24)9-14-5-3-2-4-6-14/h2-6,11-13,16-18H,7-10,24H2,1H3,(H2,25,31)(H,26,27)(H,28,33)(H,29,34)(H,30,32)(H,35,36). The van der Waals surface area contributed by atoms with Gasteiger partial charge in [0.05, 0.1) is 12.4 Å². The van der Waals surface area contributed by atoms with Crippen LogP contribution in [0.15, 0.2) is 42.9 Å². The van der Waals surface area contributed by atoms with Crippen molar-refractivity contribution in [2.75, 3.05) is 0 Å². The van der Waals surface area contributed by atoms with Gasteiger partial charge in [0.1, 0.15) is 18.1 Å². The molecule has 13 nitrogen and oxygen atoms in total. The molecular weight excluding hydrogens is 470 g/mol. The number of hydrogen-bond acceptors (Lipinski definition) is 7. The van der Waals surface area contributed by atoms with Gasteiger partial charge in [0.25, 0.3) is 0 Å². The van der Waals surface area contributed by atoms with E-state index in [1.165, 1.54) is 19.4 Å². The summed E-state index contributed by atoms with van der Waals surface area (Å²) in [5.41, 5.74) is 12.6. The molecule has 1 heterocycles. The van der Waals surface area contributed by atoms with E-state index in [2.05, 4.69) is 25.9 Å². The molecule has 36 heavy (non-hydrogen) atoms. The third-order valence-electron chi connectivity index (χ3n) is 5.29. The first-order valence-corrected chi connectivity index (χ1v) is 11.3. The molecule has 0 saturated heterocycles. The summed E-state index contributed by atoms with van der Waals surface area (Å²) in [4.78, 5) is 67.7. The van der Waals surface area contributed by atoms with Crippen LogP contribution < -0.4 is 27.4 Å². The van der Waals surface area contributed by atoms with E-state index in [9.17, 15) is 24.0 Å². The second-order valence-corrected chi connectivity index (χ2v) is 8.27. The summed E-state index contributed by atoms with van der Waals surface area (Å²) in [7, 11) is 0. The summed E-state index contributed by atoms with van der Waals surface area (Å²) in [6, 6.07) is 4.50. The van der Waals surface area contributed by atoms with Gasteiger partial charge in [0, 0.05) is 24.7 Å². The van der Waals surface area contributed by atoms with E-state index in [0.29, 0.717) is 5.69 Å². The number of nitrogens with zero attached hydrogens (tertiary/aromatic N) is 1. The number of imidazole rings is 1. The number of carbonyl (C=O) groups is 5. The summed E-state index contributed by atoms with van der Waals surface area (Å²) in [6.45, 7) is 1.25. The highest BCUT2D eigenvalue weighted by Gasteiger charge is 2.30. The monoisotopic (exact) mass is 501 g/mol. The first-order valence-electron chi connectivity index (χ1n) is 11.3. The van der Waals surface area contributed by atoms with Crippen molar-refractivity contribution in [3.63, 3.8) is 0 Å². The number of hydrogen-bond donors (Lipinski definition) is 7. The van der Waals surface area contributed by atoms with Crippen LogP contribution in [0.2, 0.25) is 0 Å². The molecule has 2 aromatic rings. The zero-order chi connectivity index (χ0) is 26.7. The van der Waals surface area contributed by atoms with Crippen molar-refractivity contribution < 1.29 is 29.1 Å². The molecule has 1 aromatic heterocycles. The van der Waals surface area contributed by atoms with Crippen molar-refractivity contribution in [2.24, 2.45) is 11.5 Å². The molecule has 4 unspecified atom stereocenters. The molecule has 13 heteroatoms. The van der Waals surface area contributed by atoms with Gasteiger partial charge in [-0.25, -0.2) is 4.98 Å². The topological polar surface area (TPSA) is 222 Å². The van der Waals surface area contributed by atoms with Gasteiger partial charge >= 0.3 is 5.97 Å². The minimum Gasteiger partial charge on any atom is -0.480 e. The average Bonchev–Trinajstić information content (AvgIpc) is 3.34. The molecule has 0 fully saturated rings. The number of aliphatic carboxylic acids is 1. The second kappa shape index (κ2) is 13.6. The van der Waals surface area contributed by atoms with Gasteiger partial charge in [-0.2, -0.15) is 0 Å². The Morgan fingerprint density at radius 3 is 2.19 bits per heavy atom. The molecule has 0 aliphatic heterocycles. The lowest BCUT2D eigenvalue weighted by atomic mass is 10.0. The third kappa shape index (κ3) is 9.18. The maximum Gasteiger partial charge on any atom is 0.325 e. The van der Waals surface area contributed by atoms with Crippen LogP contribution in [0, 0.1) is 0 Å². The molecule has 0 aliphatic rings. The minimum atomic E-state index is -1.28. The number of carbonyl (C=O) groups excluding carboxylic acids is 4. The highest BCUT2D eigenvalue weighted by Crippen LogP contribution is 2.06. The van der Waals surface area contributed by atoms with E-state index < -0.39 is 53.8 Å². The van der Waals surface area contributed by atoms with Crippen molar-refractivity contribution in [3.05, 3.63) is 54.1 Å². The number of nitrogens with one attached hydrogen (secondary N) is 4. The largest absolute Gasteiger partial charge is 0.480 e. The molecule has 2 rings (SSSR count). The normalized spacial score (nSPS) is 14.1. The predicted octanol–water partition coefficient (Wildman–Crippen LogP) is -1.65. The number of rotatable bonds is 14. The molecule has 0 spiro atoms.